The molecule has 0 amide bonds. The van der Waals surface area contributed by atoms with Crippen molar-refractivity contribution in [1.82, 2.24) is 0 Å². The van der Waals surface area contributed by atoms with Crippen LogP contribution >= 0.6 is 35.0 Å². The molecule has 0 aliphatic carbocycles. The highest BCUT2D eigenvalue weighted by Crippen LogP contribution is 2.17. The first-order chi connectivity index (χ1) is 7.83. The van der Waals surface area contributed by atoms with Crippen LogP contribution in [-0.4, -0.2) is 11.6 Å². The van der Waals surface area contributed by atoms with Crippen molar-refractivity contribution >= 4 is 35.0 Å². The Morgan fingerprint density at radius 1 is 0.938 bits per heavy atom. The fourth-order valence-electron chi connectivity index (χ4n) is 1.42. The summed E-state index contributed by atoms with van der Waals surface area (Å²) in [5.41, 5.74) is 1.36. The van der Waals surface area contributed by atoms with Gasteiger partial charge in [0.2, 0.25) is 0 Å². The molecule has 90 valence electrons. The number of unbranched alkanes of at least 4 members (excludes halogenated alkanes) is 3. The van der Waals surface area contributed by atoms with E-state index >= 15 is 0 Å². The van der Waals surface area contributed by atoms with Gasteiger partial charge in [-0.3, -0.25) is 0 Å². The van der Waals surface area contributed by atoms with E-state index in [-0.39, 0.29) is 0 Å². The largest absolute Gasteiger partial charge is 0.157 e. The van der Waals surface area contributed by atoms with E-state index in [0.29, 0.717) is 0 Å². The summed E-state index contributed by atoms with van der Waals surface area (Å²) in [5.74, 6) is 3.13. The molecule has 16 heavy (non-hydrogen) atoms. The minimum Gasteiger partial charge on any atom is -0.157 e. The molecule has 0 radical (unpaired) electrons. The van der Waals surface area contributed by atoms with E-state index in [2.05, 4.69) is 12.1 Å². The van der Waals surface area contributed by atoms with Gasteiger partial charge in [-0.1, -0.05) is 36.6 Å². The Balaban J connectivity index is 2.01. The van der Waals surface area contributed by atoms with Gasteiger partial charge in [0.1, 0.15) is 0 Å². The summed E-state index contributed by atoms with van der Waals surface area (Å²) in [6.07, 6.45) is 5.03. The highest BCUT2D eigenvalue weighted by molar-refractivity contribution is 7.98. The summed E-state index contributed by atoms with van der Waals surface area (Å²) in [6, 6.07) is 8.11. The van der Waals surface area contributed by atoms with Crippen LogP contribution < -0.4 is 0 Å². The van der Waals surface area contributed by atoms with Gasteiger partial charge in [0.25, 0.3) is 0 Å². The summed E-state index contributed by atoms with van der Waals surface area (Å²) < 4.78 is 0. The lowest BCUT2D eigenvalue weighted by atomic mass is 10.2. The lowest BCUT2D eigenvalue weighted by Gasteiger charge is -2.02. The maximum atomic E-state index is 5.83. The Morgan fingerprint density at radius 3 is 2.31 bits per heavy atom. The molecule has 0 bridgehead atoms. The first kappa shape index (κ1) is 14.2. The van der Waals surface area contributed by atoms with E-state index in [1.54, 1.807) is 0 Å². The molecule has 0 aliphatic heterocycles. The second kappa shape index (κ2) is 9.21. The van der Waals surface area contributed by atoms with Crippen molar-refractivity contribution < 1.29 is 0 Å². The predicted molar refractivity (Wildman–Crippen MR) is 76.8 cm³/mol. The number of alkyl halides is 1. The van der Waals surface area contributed by atoms with Gasteiger partial charge < -0.3 is 0 Å². The summed E-state index contributed by atoms with van der Waals surface area (Å²) in [5, 5.41) is 0.815. The van der Waals surface area contributed by atoms with Crippen LogP contribution in [0.15, 0.2) is 24.3 Å². The van der Waals surface area contributed by atoms with Gasteiger partial charge in [0.05, 0.1) is 0 Å². The van der Waals surface area contributed by atoms with Crippen LogP contribution in [0.5, 0.6) is 0 Å². The van der Waals surface area contributed by atoms with Crippen LogP contribution in [0.2, 0.25) is 5.02 Å². The fraction of sp³-hybridized carbons (Fsp3) is 0.538. The van der Waals surface area contributed by atoms with E-state index in [0.717, 1.165) is 23.1 Å². The van der Waals surface area contributed by atoms with Crippen molar-refractivity contribution in [1.29, 1.82) is 0 Å². The number of hydrogen-bond acceptors (Lipinski definition) is 1. The molecular weight excluding hydrogens is 259 g/mol. The molecular formula is C13H18Cl2S. The molecule has 1 aromatic carbocycles. The molecule has 0 unspecified atom stereocenters. The third-order valence-electron chi connectivity index (χ3n) is 2.35. The van der Waals surface area contributed by atoms with Gasteiger partial charge in [-0.25, -0.2) is 0 Å². The average Bonchev–Trinajstić information content (AvgIpc) is 2.30. The van der Waals surface area contributed by atoms with E-state index in [4.69, 9.17) is 23.2 Å². The van der Waals surface area contributed by atoms with Crippen molar-refractivity contribution in [2.45, 2.75) is 31.4 Å². The molecule has 1 aromatic rings. The minimum absolute atomic E-state index is 0.803. The second-order valence-corrected chi connectivity index (χ2v) is 5.70. The van der Waals surface area contributed by atoms with Crippen molar-refractivity contribution in [2.75, 3.05) is 11.6 Å². The van der Waals surface area contributed by atoms with Crippen LogP contribution in [0, 0.1) is 0 Å². The topological polar surface area (TPSA) is 0 Å². The fourth-order valence-corrected chi connectivity index (χ4v) is 2.72. The molecule has 0 nitrogen and oxygen atoms in total. The lowest BCUT2D eigenvalue weighted by molar-refractivity contribution is 0.709. The number of halogens is 2. The lowest BCUT2D eigenvalue weighted by Crippen LogP contribution is -1.85. The van der Waals surface area contributed by atoms with Crippen LogP contribution in [0.4, 0.5) is 0 Å². The first-order valence-electron chi connectivity index (χ1n) is 5.71. The third-order valence-corrected chi connectivity index (χ3v) is 3.99. The van der Waals surface area contributed by atoms with Gasteiger partial charge in [-0.15, -0.1) is 11.6 Å². The van der Waals surface area contributed by atoms with Gasteiger partial charge in [-0.05, 0) is 36.3 Å². The van der Waals surface area contributed by atoms with E-state index in [1.165, 1.54) is 30.6 Å². The second-order valence-electron chi connectivity index (χ2n) is 3.78. The van der Waals surface area contributed by atoms with Crippen LogP contribution in [-0.2, 0) is 5.75 Å². The SMILES string of the molecule is ClCCCCCCSCc1ccc(Cl)cc1. The highest BCUT2D eigenvalue weighted by Gasteiger charge is 1.94. The number of thioether (sulfide) groups is 1. The zero-order chi connectivity index (χ0) is 11.6. The Morgan fingerprint density at radius 2 is 1.62 bits per heavy atom. The maximum absolute atomic E-state index is 5.83. The van der Waals surface area contributed by atoms with Crippen LogP contribution in [0.1, 0.15) is 31.2 Å². The molecule has 0 saturated heterocycles. The van der Waals surface area contributed by atoms with Gasteiger partial charge >= 0.3 is 0 Å². The van der Waals surface area contributed by atoms with Gasteiger partial charge in [0.15, 0.2) is 0 Å². The quantitative estimate of drug-likeness (QED) is 0.454. The summed E-state index contributed by atoms with van der Waals surface area (Å²) >= 11 is 13.4. The van der Waals surface area contributed by atoms with Crippen LogP contribution in [0.25, 0.3) is 0 Å². The average molecular weight is 277 g/mol. The summed E-state index contributed by atoms with van der Waals surface area (Å²) in [6.45, 7) is 0. The molecule has 0 heterocycles. The Hall–Kier alpha value is 0.150. The van der Waals surface area contributed by atoms with Crippen molar-refractivity contribution in [3.05, 3.63) is 34.9 Å². The van der Waals surface area contributed by atoms with E-state index in [9.17, 15) is 0 Å². The maximum Gasteiger partial charge on any atom is 0.0406 e. The van der Waals surface area contributed by atoms with Crippen LogP contribution in [0.3, 0.4) is 0 Å². The van der Waals surface area contributed by atoms with E-state index in [1.807, 2.05) is 23.9 Å². The molecule has 0 fully saturated rings. The molecule has 1 rings (SSSR count). The standard InChI is InChI=1S/C13H18Cl2S/c14-9-3-1-2-4-10-16-11-12-5-7-13(15)8-6-12/h5-8H,1-4,9-11H2. The third kappa shape index (κ3) is 6.67. The predicted octanol–water partition coefficient (Wildman–Crippen LogP) is 5.37. The molecule has 0 aliphatic rings. The summed E-state index contributed by atoms with van der Waals surface area (Å²) in [7, 11) is 0. The van der Waals surface area contributed by atoms with Crippen molar-refractivity contribution in [3.63, 3.8) is 0 Å². The van der Waals surface area contributed by atoms with Crippen molar-refractivity contribution in [2.24, 2.45) is 0 Å². The smallest absolute Gasteiger partial charge is 0.0406 e. The molecule has 0 N–H and O–H groups in total. The molecule has 0 aromatic heterocycles. The molecule has 0 atom stereocenters. The first-order valence-corrected chi connectivity index (χ1v) is 7.78. The van der Waals surface area contributed by atoms with E-state index < -0.39 is 0 Å². The number of benzene rings is 1. The number of hydrogen-bond donors (Lipinski definition) is 0. The monoisotopic (exact) mass is 276 g/mol. The zero-order valence-corrected chi connectivity index (χ0v) is 11.8. The molecule has 3 heteroatoms. The Kier molecular flexibility index (Phi) is 8.18. The number of rotatable bonds is 8. The Bertz CT molecular complexity index is 272. The summed E-state index contributed by atoms with van der Waals surface area (Å²) in [4.78, 5) is 0. The Labute approximate surface area is 113 Å². The highest BCUT2D eigenvalue weighted by atomic mass is 35.5. The van der Waals surface area contributed by atoms with Gasteiger partial charge in [0, 0.05) is 16.7 Å². The molecule has 0 saturated carbocycles. The molecule has 0 spiro atoms. The van der Waals surface area contributed by atoms with Gasteiger partial charge in [-0.2, -0.15) is 11.8 Å². The van der Waals surface area contributed by atoms with Crippen molar-refractivity contribution in [3.8, 4) is 0 Å². The normalized spacial score (nSPS) is 10.6. The minimum atomic E-state index is 0.803. The zero-order valence-electron chi connectivity index (χ0n) is 9.42.